The summed E-state index contributed by atoms with van der Waals surface area (Å²) in [6.45, 7) is 3.69. The van der Waals surface area contributed by atoms with Gasteiger partial charge >= 0.3 is 0 Å². The first-order chi connectivity index (χ1) is 14.3. The van der Waals surface area contributed by atoms with Crippen molar-refractivity contribution in [1.82, 2.24) is 20.3 Å². The van der Waals surface area contributed by atoms with Crippen LogP contribution < -0.4 is 15.5 Å². The fourth-order valence-electron chi connectivity index (χ4n) is 4.49. The Bertz CT molecular complexity index is 988. The zero-order chi connectivity index (χ0) is 19.6. The summed E-state index contributed by atoms with van der Waals surface area (Å²) in [7, 11) is 0. The molecule has 4 heterocycles. The van der Waals surface area contributed by atoms with E-state index in [9.17, 15) is 5.11 Å². The largest absolute Gasteiger partial charge is 0.494 e. The van der Waals surface area contributed by atoms with Crippen LogP contribution in [0.4, 0.5) is 11.6 Å². The van der Waals surface area contributed by atoms with E-state index in [2.05, 4.69) is 31.6 Å². The van der Waals surface area contributed by atoms with Gasteiger partial charge in [-0.25, -0.2) is 9.97 Å². The Hall–Kier alpha value is -2.80. The fourth-order valence-corrected chi connectivity index (χ4v) is 4.49. The fraction of sp³-hybridized carbons (Fsp3) is 0.455. The molecule has 1 saturated carbocycles. The molecule has 1 aliphatic carbocycles. The van der Waals surface area contributed by atoms with Gasteiger partial charge in [0.15, 0.2) is 5.88 Å². The number of anilines is 2. The molecular formula is C22H28N6O. The first-order valence-electron chi connectivity index (χ1n) is 10.7. The highest BCUT2D eigenvalue weighted by Crippen LogP contribution is 2.35. The molecule has 0 bridgehead atoms. The predicted molar refractivity (Wildman–Crippen MR) is 117 cm³/mol. The summed E-state index contributed by atoms with van der Waals surface area (Å²) in [4.78, 5) is 14.8. The summed E-state index contributed by atoms with van der Waals surface area (Å²) in [6.07, 6.45) is 10.0. The third-order valence-electron chi connectivity index (χ3n) is 6.08. The standard InChI is InChI=1S/C22H28N6O/c29-22-17-13-19(27-21(18(17)14-25-22)28-10-8-23-9-11-28)15-6-7-24-20(12-15)26-16-4-2-1-3-5-16/h6-7,12-14,16,23,25,29H,1-5,8-11H2,(H,24,26). The normalized spacial score (nSPS) is 18.3. The average molecular weight is 393 g/mol. The second-order valence-corrected chi connectivity index (χ2v) is 8.08. The van der Waals surface area contributed by atoms with Crippen molar-refractivity contribution < 1.29 is 5.11 Å². The summed E-state index contributed by atoms with van der Waals surface area (Å²) in [5.74, 6) is 2.02. The minimum Gasteiger partial charge on any atom is -0.494 e. The molecule has 0 unspecified atom stereocenters. The van der Waals surface area contributed by atoms with Gasteiger partial charge in [0.05, 0.1) is 5.69 Å². The molecule has 2 fully saturated rings. The lowest BCUT2D eigenvalue weighted by atomic mass is 9.95. The summed E-state index contributed by atoms with van der Waals surface area (Å²) in [5, 5.41) is 19.1. The van der Waals surface area contributed by atoms with Crippen LogP contribution in [0.25, 0.3) is 22.0 Å². The number of aromatic hydroxyl groups is 1. The highest BCUT2D eigenvalue weighted by molar-refractivity contribution is 5.98. The number of hydrogen-bond acceptors (Lipinski definition) is 6. The first kappa shape index (κ1) is 18.2. The van der Waals surface area contributed by atoms with Gasteiger partial charge in [0.25, 0.3) is 0 Å². The van der Waals surface area contributed by atoms with Gasteiger partial charge < -0.3 is 25.6 Å². The lowest BCUT2D eigenvalue weighted by molar-refractivity contribution is 0.462. The molecule has 29 heavy (non-hydrogen) atoms. The zero-order valence-corrected chi connectivity index (χ0v) is 16.6. The lowest BCUT2D eigenvalue weighted by Crippen LogP contribution is -2.44. The van der Waals surface area contributed by atoms with Gasteiger partial charge in [-0.15, -0.1) is 0 Å². The van der Waals surface area contributed by atoms with Gasteiger partial charge in [0.2, 0.25) is 0 Å². The number of aromatic nitrogens is 3. The van der Waals surface area contributed by atoms with E-state index in [1.807, 2.05) is 24.5 Å². The van der Waals surface area contributed by atoms with Gasteiger partial charge in [0.1, 0.15) is 11.6 Å². The molecule has 0 spiro atoms. The van der Waals surface area contributed by atoms with Crippen LogP contribution in [0.3, 0.4) is 0 Å². The molecule has 4 N–H and O–H groups in total. The number of fused-ring (bicyclic) bond motifs is 1. The van der Waals surface area contributed by atoms with Crippen LogP contribution in [0.2, 0.25) is 0 Å². The predicted octanol–water partition coefficient (Wildman–Crippen LogP) is 3.48. The minimum absolute atomic E-state index is 0.189. The smallest absolute Gasteiger partial charge is 0.196 e. The van der Waals surface area contributed by atoms with E-state index in [0.29, 0.717) is 6.04 Å². The third-order valence-corrected chi connectivity index (χ3v) is 6.08. The Morgan fingerprint density at radius 3 is 2.72 bits per heavy atom. The van der Waals surface area contributed by atoms with Crippen molar-refractivity contribution in [2.24, 2.45) is 0 Å². The van der Waals surface area contributed by atoms with Crippen molar-refractivity contribution in [2.45, 2.75) is 38.1 Å². The SMILES string of the molecule is Oc1[nH]cc2c(N3CCNCC3)nc(-c3ccnc(NC4CCCCC4)c3)cc12. The van der Waals surface area contributed by atoms with Gasteiger partial charge in [0, 0.05) is 61.0 Å². The molecule has 0 aromatic carbocycles. The maximum absolute atomic E-state index is 10.3. The van der Waals surface area contributed by atoms with Crippen LogP contribution >= 0.6 is 0 Å². The van der Waals surface area contributed by atoms with Crippen molar-refractivity contribution in [3.05, 3.63) is 30.6 Å². The van der Waals surface area contributed by atoms with Gasteiger partial charge in [-0.3, -0.25) is 0 Å². The van der Waals surface area contributed by atoms with E-state index >= 15 is 0 Å². The number of nitrogens with one attached hydrogen (secondary N) is 3. The molecule has 152 valence electrons. The monoisotopic (exact) mass is 392 g/mol. The lowest BCUT2D eigenvalue weighted by Gasteiger charge is -2.29. The van der Waals surface area contributed by atoms with Crippen LogP contribution in [0, 0.1) is 0 Å². The second kappa shape index (κ2) is 7.91. The highest BCUT2D eigenvalue weighted by Gasteiger charge is 2.19. The maximum atomic E-state index is 10.3. The van der Waals surface area contributed by atoms with Gasteiger partial charge in [-0.05, 0) is 31.0 Å². The molecule has 1 saturated heterocycles. The Balaban J connectivity index is 1.51. The molecule has 0 atom stereocenters. The van der Waals surface area contributed by atoms with Crippen molar-refractivity contribution in [3.8, 4) is 17.1 Å². The van der Waals surface area contributed by atoms with Crippen molar-refractivity contribution in [1.29, 1.82) is 0 Å². The molecule has 7 nitrogen and oxygen atoms in total. The number of rotatable bonds is 4. The second-order valence-electron chi connectivity index (χ2n) is 8.08. The van der Waals surface area contributed by atoms with Crippen LogP contribution in [-0.2, 0) is 0 Å². The Morgan fingerprint density at radius 1 is 1.07 bits per heavy atom. The van der Waals surface area contributed by atoms with Crippen LogP contribution in [0.5, 0.6) is 5.88 Å². The van der Waals surface area contributed by atoms with E-state index in [0.717, 1.165) is 59.8 Å². The summed E-state index contributed by atoms with van der Waals surface area (Å²) in [5.41, 5.74) is 1.87. The van der Waals surface area contributed by atoms with Crippen LogP contribution in [0.1, 0.15) is 32.1 Å². The Labute approximate surface area is 170 Å². The maximum Gasteiger partial charge on any atom is 0.196 e. The van der Waals surface area contributed by atoms with Crippen LogP contribution in [-0.4, -0.2) is 52.3 Å². The van der Waals surface area contributed by atoms with Crippen molar-refractivity contribution in [3.63, 3.8) is 0 Å². The number of pyridine rings is 2. The molecule has 3 aromatic heterocycles. The minimum atomic E-state index is 0.189. The molecule has 7 heteroatoms. The quantitative estimate of drug-likeness (QED) is 0.544. The average Bonchev–Trinajstić information content (AvgIpc) is 3.15. The number of piperazine rings is 1. The van der Waals surface area contributed by atoms with Crippen molar-refractivity contribution in [2.75, 3.05) is 36.4 Å². The molecule has 0 radical (unpaired) electrons. The van der Waals surface area contributed by atoms with Gasteiger partial charge in [-0.2, -0.15) is 0 Å². The molecular weight excluding hydrogens is 364 g/mol. The van der Waals surface area contributed by atoms with E-state index in [1.165, 1.54) is 32.1 Å². The van der Waals surface area contributed by atoms with E-state index in [-0.39, 0.29) is 5.88 Å². The topological polar surface area (TPSA) is 89.1 Å². The van der Waals surface area contributed by atoms with E-state index in [4.69, 9.17) is 4.98 Å². The number of H-pyrrole nitrogens is 1. The Kier molecular flexibility index (Phi) is 4.97. The number of hydrogen-bond donors (Lipinski definition) is 4. The van der Waals surface area contributed by atoms with E-state index < -0.39 is 0 Å². The molecule has 1 aliphatic heterocycles. The molecule has 0 amide bonds. The van der Waals surface area contributed by atoms with Crippen LogP contribution in [0.15, 0.2) is 30.6 Å². The molecule has 2 aliphatic rings. The van der Waals surface area contributed by atoms with Gasteiger partial charge in [-0.1, -0.05) is 19.3 Å². The third kappa shape index (κ3) is 3.74. The molecule has 3 aromatic rings. The van der Waals surface area contributed by atoms with E-state index in [1.54, 1.807) is 0 Å². The Morgan fingerprint density at radius 2 is 1.90 bits per heavy atom. The highest BCUT2D eigenvalue weighted by atomic mass is 16.3. The number of aromatic amines is 1. The number of nitrogens with zero attached hydrogens (tertiary/aromatic N) is 3. The molecule has 5 rings (SSSR count). The zero-order valence-electron chi connectivity index (χ0n) is 16.6. The summed E-state index contributed by atoms with van der Waals surface area (Å²) < 4.78 is 0. The van der Waals surface area contributed by atoms with Crippen molar-refractivity contribution >= 4 is 22.4 Å². The summed E-state index contributed by atoms with van der Waals surface area (Å²) in [6, 6.07) is 6.54. The summed E-state index contributed by atoms with van der Waals surface area (Å²) >= 11 is 0. The first-order valence-corrected chi connectivity index (χ1v) is 10.7.